The van der Waals surface area contributed by atoms with Gasteiger partial charge < -0.3 is 15.4 Å². The molecule has 2 heterocycles. The second-order valence-electron chi connectivity index (χ2n) is 7.72. The SMILES string of the molecule is COCCN(C(=O)Cc1csc(-c2ccccc2)n1)c1c(N)n(CC(C)C)c(=O)[nH]c1=O. The summed E-state index contributed by atoms with van der Waals surface area (Å²) in [7, 11) is 1.50. The van der Waals surface area contributed by atoms with Crippen LogP contribution in [0.3, 0.4) is 0 Å². The molecule has 1 aromatic carbocycles. The summed E-state index contributed by atoms with van der Waals surface area (Å²) < 4.78 is 6.41. The smallest absolute Gasteiger partial charge is 0.330 e. The minimum atomic E-state index is -0.708. The maximum absolute atomic E-state index is 13.2. The number of carbonyl (C=O) groups excluding carboxylic acids is 1. The largest absolute Gasteiger partial charge is 0.383 e. The van der Waals surface area contributed by atoms with Gasteiger partial charge in [-0.05, 0) is 5.92 Å². The van der Waals surface area contributed by atoms with E-state index in [1.54, 1.807) is 0 Å². The van der Waals surface area contributed by atoms with Crippen LogP contribution in [0.4, 0.5) is 11.5 Å². The molecule has 0 fully saturated rings. The first-order valence-corrected chi connectivity index (χ1v) is 11.1. The maximum Gasteiger partial charge on any atom is 0.330 e. The number of thiazole rings is 1. The minimum absolute atomic E-state index is 0.0186. The second-order valence-corrected chi connectivity index (χ2v) is 8.58. The van der Waals surface area contributed by atoms with E-state index in [2.05, 4.69) is 9.97 Å². The van der Waals surface area contributed by atoms with Crippen LogP contribution in [0, 0.1) is 5.92 Å². The maximum atomic E-state index is 13.2. The molecule has 0 aliphatic carbocycles. The Morgan fingerprint density at radius 3 is 2.66 bits per heavy atom. The van der Waals surface area contributed by atoms with E-state index in [1.165, 1.54) is 27.9 Å². The number of carbonyl (C=O) groups is 1. The lowest BCUT2D eigenvalue weighted by Crippen LogP contribution is -2.43. The molecule has 9 nitrogen and oxygen atoms in total. The van der Waals surface area contributed by atoms with Crippen LogP contribution in [-0.2, 0) is 22.5 Å². The predicted octanol–water partition coefficient (Wildman–Crippen LogP) is 2.12. The Labute approximate surface area is 189 Å². The number of ether oxygens (including phenoxy) is 1. The molecular formula is C22H27N5O4S. The lowest BCUT2D eigenvalue weighted by Gasteiger charge is -2.24. The van der Waals surface area contributed by atoms with Gasteiger partial charge in [0.2, 0.25) is 5.91 Å². The van der Waals surface area contributed by atoms with E-state index in [0.717, 1.165) is 10.6 Å². The summed E-state index contributed by atoms with van der Waals surface area (Å²) >= 11 is 1.44. The summed E-state index contributed by atoms with van der Waals surface area (Å²) in [6.45, 7) is 4.47. The molecule has 0 atom stereocenters. The fourth-order valence-corrected chi connectivity index (χ4v) is 4.11. The number of aromatic amines is 1. The molecule has 0 bridgehead atoms. The molecule has 0 aliphatic rings. The Balaban J connectivity index is 1.93. The number of nitrogens with one attached hydrogen (secondary N) is 1. The number of amides is 1. The average Bonchev–Trinajstić information content (AvgIpc) is 3.22. The van der Waals surface area contributed by atoms with Crippen molar-refractivity contribution in [2.24, 2.45) is 5.92 Å². The zero-order valence-corrected chi connectivity index (χ0v) is 19.1. The summed E-state index contributed by atoms with van der Waals surface area (Å²) in [5.41, 5.74) is 6.41. The predicted molar refractivity (Wildman–Crippen MR) is 126 cm³/mol. The van der Waals surface area contributed by atoms with Crippen LogP contribution in [0.15, 0.2) is 45.3 Å². The number of methoxy groups -OCH3 is 1. The standard InChI is InChI=1S/C22H27N5O4S/c1-14(2)12-27-19(23)18(20(29)25-22(27)30)26(9-10-31-3)17(28)11-16-13-32-21(24-16)15-7-5-4-6-8-15/h4-8,13-14H,9-12,23H2,1-3H3,(H,25,29,30). The first-order valence-electron chi connectivity index (χ1n) is 10.2. The average molecular weight is 458 g/mol. The molecule has 170 valence electrons. The third-order valence-electron chi connectivity index (χ3n) is 4.76. The first kappa shape index (κ1) is 23.4. The highest BCUT2D eigenvalue weighted by Gasteiger charge is 2.25. The number of aromatic nitrogens is 3. The Hall–Kier alpha value is -3.24. The van der Waals surface area contributed by atoms with E-state index in [-0.39, 0.29) is 42.9 Å². The number of nitrogens with zero attached hydrogens (tertiary/aromatic N) is 3. The van der Waals surface area contributed by atoms with Gasteiger partial charge in [-0.15, -0.1) is 11.3 Å². The third-order valence-corrected chi connectivity index (χ3v) is 5.70. The Kier molecular flexibility index (Phi) is 7.60. The quantitative estimate of drug-likeness (QED) is 0.507. The zero-order valence-electron chi connectivity index (χ0n) is 18.3. The number of nitrogens with two attached hydrogens (primary N) is 1. The number of benzene rings is 1. The summed E-state index contributed by atoms with van der Waals surface area (Å²) in [6, 6.07) is 9.68. The topological polar surface area (TPSA) is 123 Å². The number of rotatable bonds is 9. The van der Waals surface area contributed by atoms with Gasteiger partial charge in [-0.25, -0.2) is 9.78 Å². The molecular weight excluding hydrogens is 430 g/mol. The van der Waals surface area contributed by atoms with Crippen molar-refractivity contribution in [3.05, 3.63) is 62.2 Å². The number of anilines is 2. The first-order chi connectivity index (χ1) is 15.3. The fraction of sp³-hybridized carbons (Fsp3) is 0.364. The van der Waals surface area contributed by atoms with Gasteiger partial charge in [0, 0.05) is 31.1 Å². The van der Waals surface area contributed by atoms with Gasteiger partial charge in [0.1, 0.15) is 10.8 Å². The Morgan fingerprint density at radius 1 is 1.28 bits per heavy atom. The van der Waals surface area contributed by atoms with Crippen molar-refractivity contribution in [2.75, 3.05) is 30.9 Å². The van der Waals surface area contributed by atoms with Crippen LogP contribution >= 0.6 is 11.3 Å². The molecule has 0 radical (unpaired) electrons. The number of nitrogen functional groups attached to an aromatic ring is 1. The highest BCUT2D eigenvalue weighted by Crippen LogP contribution is 2.24. The molecule has 1 amide bonds. The van der Waals surface area contributed by atoms with Crippen molar-refractivity contribution in [3.8, 4) is 10.6 Å². The molecule has 0 saturated carbocycles. The number of hydrogen-bond donors (Lipinski definition) is 2. The van der Waals surface area contributed by atoms with Gasteiger partial charge in [0.25, 0.3) is 5.56 Å². The van der Waals surface area contributed by atoms with Gasteiger partial charge in [-0.1, -0.05) is 44.2 Å². The number of hydrogen-bond acceptors (Lipinski definition) is 7. The molecule has 3 rings (SSSR count). The molecule has 2 aromatic heterocycles. The van der Waals surface area contributed by atoms with Crippen LogP contribution in [-0.4, -0.2) is 40.7 Å². The fourth-order valence-electron chi connectivity index (χ4n) is 3.28. The normalized spacial score (nSPS) is 11.1. The summed E-state index contributed by atoms with van der Waals surface area (Å²) in [4.78, 5) is 46.3. The van der Waals surface area contributed by atoms with Gasteiger partial charge in [0.05, 0.1) is 18.7 Å². The highest BCUT2D eigenvalue weighted by atomic mass is 32.1. The molecule has 0 unspecified atom stereocenters. The van der Waals surface area contributed by atoms with E-state index in [9.17, 15) is 14.4 Å². The van der Waals surface area contributed by atoms with Gasteiger partial charge >= 0.3 is 5.69 Å². The zero-order chi connectivity index (χ0) is 23.3. The van der Waals surface area contributed by atoms with E-state index in [4.69, 9.17) is 10.5 Å². The molecule has 0 saturated heterocycles. The Morgan fingerprint density at radius 2 is 2.00 bits per heavy atom. The van der Waals surface area contributed by atoms with Crippen molar-refractivity contribution in [2.45, 2.75) is 26.8 Å². The van der Waals surface area contributed by atoms with Crippen LogP contribution in [0.2, 0.25) is 0 Å². The van der Waals surface area contributed by atoms with Gasteiger partial charge in [-0.3, -0.25) is 19.1 Å². The summed E-state index contributed by atoms with van der Waals surface area (Å²) in [6.07, 6.45) is -0.0186. The molecule has 0 spiro atoms. The highest BCUT2D eigenvalue weighted by molar-refractivity contribution is 7.13. The lowest BCUT2D eigenvalue weighted by atomic mass is 10.2. The molecule has 0 aliphatic heterocycles. The van der Waals surface area contributed by atoms with Crippen molar-refractivity contribution in [1.82, 2.24) is 14.5 Å². The molecule has 32 heavy (non-hydrogen) atoms. The second kappa shape index (κ2) is 10.4. The van der Waals surface area contributed by atoms with E-state index in [1.807, 2.05) is 49.6 Å². The third kappa shape index (κ3) is 5.32. The van der Waals surface area contributed by atoms with Crippen LogP contribution < -0.4 is 21.9 Å². The summed E-state index contributed by atoms with van der Waals surface area (Å²) in [5, 5.41) is 2.63. The summed E-state index contributed by atoms with van der Waals surface area (Å²) in [5.74, 6) is -0.289. The van der Waals surface area contributed by atoms with Crippen molar-refractivity contribution in [1.29, 1.82) is 0 Å². The minimum Gasteiger partial charge on any atom is -0.383 e. The van der Waals surface area contributed by atoms with E-state index in [0.29, 0.717) is 12.2 Å². The lowest BCUT2D eigenvalue weighted by molar-refractivity contribution is -0.118. The monoisotopic (exact) mass is 457 g/mol. The van der Waals surface area contributed by atoms with Crippen LogP contribution in [0.5, 0.6) is 0 Å². The number of H-pyrrole nitrogens is 1. The van der Waals surface area contributed by atoms with E-state index < -0.39 is 11.2 Å². The van der Waals surface area contributed by atoms with Crippen molar-refractivity contribution >= 4 is 28.7 Å². The van der Waals surface area contributed by atoms with Crippen molar-refractivity contribution < 1.29 is 9.53 Å². The van der Waals surface area contributed by atoms with Crippen LogP contribution in [0.1, 0.15) is 19.5 Å². The molecule has 10 heteroatoms. The molecule has 3 N–H and O–H groups in total. The van der Waals surface area contributed by atoms with Crippen molar-refractivity contribution in [3.63, 3.8) is 0 Å². The van der Waals surface area contributed by atoms with Gasteiger partial charge in [0.15, 0.2) is 5.69 Å². The molecule has 3 aromatic rings. The van der Waals surface area contributed by atoms with E-state index >= 15 is 0 Å². The Bertz CT molecular complexity index is 1180. The van der Waals surface area contributed by atoms with Crippen LogP contribution in [0.25, 0.3) is 10.6 Å². The van der Waals surface area contributed by atoms with Gasteiger partial charge in [-0.2, -0.15) is 0 Å².